The van der Waals surface area contributed by atoms with E-state index >= 15 is 0 Å². The fraction of sp³-hybridized carbons (Fsp3) is 0.250. The van der Waals surface area contributed by atoms with E-state index in [9.17, 15) is 19.5 Å². The summed E-state index contributed by atoms with van der Waals surface area (Å²) in [6.07, 6.45) is 0. The number of nitrogens with two attached hydrogens (primary N) is 1. The van der Waals surface area contributed by atoms with Crippen molar-refractivity contribution >= 4 is 67.7 Å². The Kier molecular flexibility index (Phi) is 7.09. The lowest BCUT2D eigenvalue weighted by atomic mass is 10.0. The van der Waals surface area contributed by atoms with Crippen LogP contribution in [0.3, 0.4) is 0 Å². The molecular formula is C20H18BrN5O6S2. The van der Waals surface area contributed by atoms with Gasteiger partial charge in [-0.25, -0.2) is 9.78 Å². The van der Waals surface area contributed by atoms with Crippen LogP contribution in [0.4, 0.5) is 5.13 Å². The van der Waals surface area contributed by atoms with Gasteiger partial charge < -0.3 is 25.7 Å². The summed E-state index contributed by atoms with van der Waals surface area (Å²) in [6.45, 7) is 0.0136. The number of hydrogen-bond acceptors (Lipinski definition) is 10. The molecule has 0 bridgehead atoms. The number of β-lactam (4-membered cyclic amide) rings is 1. The fourth-order valence-corrected chi connectivity index (χ4v) is 5.54. The normalized spacial score (nSPS) is 19.9. The van der Waals surface area contributed by atoms with E-state index in [1.54, 1.807) is 29.6 Å². The molecule has 1 aromatic heterocycles. The monoisotopic (exact) mass is 567 g/mol. The Morgan fingerprint density at radius 3 is 2.74 bits per heavy atom. The lowest BCUT2D eigenvalue weighted by molar-refractivity contribution is -0.150. The number of anilines is 1. The van der Waals surface area contributed by atoms with Crippen molar-refractivity contribution in [1.29, 1.82) is 0 Å². The van der Waals surface area contributed by atoms with Gasteiger partial charge in [0.15, 0.2) is 10.8 Å². The number of rotatable bonds is 8. The van der Waals surface area contributed by atoms with Gasteiger partial charge in [-0.05, 0) is 24.3 Å². The highest BCUT2D eigenvalue weighted by molar-refractivity contribution is 9.10. The number of ether oxygens (including phenoxy) is 1. The van der Waals surface area contributed by atoms with E-state index in [4.69, 9.17) is 15.3 Å². The molecule has 1 saturated heterocycles. The molecule has 0 saturated carbocycles. The first-order valence-electron chi connectivity index (χ1n) is 9.72. The number of nitrogens with one attached hydrogen (secondary N) is 1. The number of nitrogen functional groups attached to an aromatic ring is 1. The van der Waals surface area contributed by atoms with Gasteiger partial charge in [-0.2, -0.15) is 0 Å². The number of hydrogen-bond donors (Lipinski definition) is 3. The largest absolute Gasteiger partial charge is 0.489 e. The summed E-state index contributed by atoms with van der Waals surface area (Å²) < 4.78 is 6.60. The average molecular weight is 568 g/mol. The number of aromatic nitrogens is 1. The lowest BCUT2D eigenvalue weighted by Crippen LogP contribution is -2.71. The molecule has 14 heteroatoms. The second-order valence-electron chi connectivity index (χ2n) is 7.05. The maximum absolute atomic E-state index is 12.9. The molecule has 0 aliphatic carbocycles. The van der Waals surface area contributed by atoms with Crippen molar-refractivity contribution in [2.24, 2.45) is 5.16 Å². The van der Waals surface area contributed by atoms with Gasteiger partial charge in [0.2, 0.25) is 0 Å². The van der Waals surface area contributed by atoms with Crippen LogP contribution in [0.25, 0.3) is 0 Å². The van der Waals surface area contributed by atoms with Crippen LogP contribution >= 0.6 is 39.0 Å². The molecular weight excluding hydrogens is 550 g/mol. The second-order valence-corrected chi connectivity index (χ2v) is 9.96. The molecule has 2 aliphatic rings. The zero-order chi connectivity index (χ0) is 24.4. The molecule has 1 fully saturated rings. The Morgan fingerprint density at radius 1 is 1.38 bits per heavy atom. The third-order valence-electron chi connectivity index (χ3n) is 4.93. The number of oxime groups is 1. The Hall–Kier alpha value is -3.10. The zero-order valence-corrected chi connectivity index (χ0v) is 20.8. The summed E-state index contributed by atoms with van der Waals surface area (Å²) in [5, 5.41) is 17.3. The molecule has 4 N–H and O–H groups in total. The summed E-state index contributed by atoms with van der Waals surface area (Å²) in [7, 11) is 1.28. The number of carbonyl (C=O) groups excluding carboxylic acids is 2. The van der Waals surface area contributed by atoms with Crippen LogP contribution < -0.4 is 15.8 Å². The molecule has 0 spiro atoms. The van der Waals surface area contributed by atoms with Crippen LogP contribution in [-0.2, 0) is 19.2 Å². The number of fused-ring (bicyclic) bond motifs is 1. The van der Waals surface area contributed by atoms with Crippen LogP contribution in [-0.4, -0.2) is 69.4 Å². The number of thiazole rings is 1. The number of benzene rings is 1. The number of carboxylic acids is 1. The third kappa shape index (κ3) is 4.74. The Morgan fingerprint density at radius 2 is 2.12 bits per heavy atom. The number of halogens is 1. The Labute approximate surface area is 210 Å². The van der Waals surface area contributed by atoms with Crippen molar-refractivity contribution in [3.8, 4) is 5.75 Å². The van der Waals surface area contributed by atoms with E-state index in [0.29, 0.717) is 17.1 Å². The second kappa shape index (κ2) is 10.0. The smallest absolute Gasteiger partial charge is 0.352 e. The number of nitrogens with zero attached hydrogens (tertiary/aromatic N) is 3. The molecule has 3 heterocycles. The van der Waals surface area contributed by atoms with Crippen molar-refractivity contribution in [1.82, 2.24) is 15.2 Å². The van der Waals surface area contributed by atoms with Gasteiger partial charge in [0.1, 0.15) is 42.3 Å². The standard InChI is InChI=1S/C20H18BrN5O6S2/c1-31-25-13(12-8-34-20(22)23-12)16(27)24-14-17(28)26-15(19(29)30)9(7-33-18(14)26)6-32-11-4-2-10(21)3-5-11/h2-5,8,14,18H,6-7H2,1H3,(H2,22,23)(H,24,27)(H,29,30)/b25-13-/t14?,18-/m1/s1. The molecule has 1 unspecified atom stereocenters. The highest BCUT2D eigenvalue weighted by atomic mass is 79.9. The number of amides is 2. The maximum atomic E-state index is 12.9. The molecule has 34 heavy (non-hydrogen) atoms. The summed E-state index contributed by atoms with van der Waals surface area (Å²) >= 11 is 5.80. The van der Waals surface area contributed by atoms with Crippen molar-refractivity contribution in [2.45, 2.75) is 11.4 Å². The van der Waals surface area contributed by atoms with E-state index in [1.165, 1.54) is 23.8 Å². The minimum Gasteiger partial charge on any atom is -0.489 e. The van der Waals surface area contributed by atoms with Crippen molar-refractivity contribution < 1.29 is 29.1 Å². The number of carbonyl (C=O) groups is 3. The SMILES string of the molecule is CO/N=C(\C(=O)NC1C(=O)N2C(C(=O)O)=C(COc3ccc(Br)cc3)CS[C@H]12)c1csc(N)n1. The topological polar surface area (TPSA) is 156 Å². The maximum Gasteiger partial charge on any atom is 0.352 e. The minimum absolute atomic E-state index is 0.0136. The predicted molar refractivity (Wildman–Crippen MR) is 129 cm³/mol. The highest BCUT2D eigenvalue weighted by Gasteiger charge is 2.54. The van der Waals surface area contributed by atoms with Gasteiger partial charge in [0.05, 0.1) is 0 Å². The first-order chi connectivity index (χ1) is 16.3. The van der Waals surface area contributed by atoms with E-state index in [1.807, 2.05) is 0 Å². The Bertz CT molecular complexity index is 1200. The molecule has 2 atom stereocenters. The lowest BCUT2D eigenvalue weighted by Gasteiger charge is -2.49. The number of carboxylic acid groups (broad SMARTS) is 1. The number of aliphatic carboxylic acids is 1. The number of thioether (sulfide) groups is 1. The summed E-state index contributed by atoms with van der Waals surface area (Å²) in [6, 6.07) is 6.18. The summed E-state index contributed by atoms with van der Waals surface area (Å²) in [5.41, 5.74) is 6.04. The first kappa shape index (κ1) is 24.0. The van der Waals surface area contributed by atoms with Crippen LogP contribution in [0.2, 0.25) is 0 Å². The highest BCUT2D eigenvalue weighted by Crippen LogP contribution is 2.40. The molecule has 1 aromatic carbocycles. The van der Waals surface area contributed by atoms with Gasteiger partial charge in [0.25, 0.3) is 11.8 Å². The predicted octanol–water partition coefficient (Wildman–Crippen LogP) is 1.66. The van der Waals surface area contributed by atoms with E-state index in [0.717, 1.165) is 15.8 Å². The van der Waals surface area contributed by atoms with E-state index in [-0.39, 0.29) is 28.8 Å². The summed E-state index contributed by atoms with van der Waals surface area (Å²) in [4.78, 5) is 47.6. The molecule has 4 rings (SSSR count). The van der Waals surface area contributed by atoms with Gasteiger partial charge in [-0.3, -0.25) is 14.5 Å². The van der Waals surface area contributed by atoms with Crippen LogP contribution in [0.15, 0.2) is 50.5 Å². The van der Waals surface area contributed by atoms with Crippen LogP contribution in [0.5, 0.6) is 5.75 Å². The van der Waals surface area contributed by atoms with E-state index < -0.39 is 29.2 Å². The van der Waals surface area contributed by atoms with Gasteiger partial charge >= 0.3 is 5.97 Å². The van der Waals surface area contributed by atoms with Crippen LogP contribution in [0.1, 0.15) is 5.69 Å². The van der Waals surface area contributed by atoms with Gasteiger partial charge in [0, 0.05) is 21.2 Å². The minimum atomic E-state index is -1.24. The molecule has 2 amide bonds. The first-order valence-corrected chi connectivity index (χ1v) is 12.4. The van der Waals surface area contributed by atoms with Crippen molar-refractivity contribution in [3.63, 3.8) is 0 Å². The Balaban J connectivity index is 1.48. The third-order valence-corrected chi connectivity index (χ3v) is 7.47. The molecule has 178 valence electrons. The van der Waals surface area contributed by atoms with Crippen molar-refractivity contribution in [3.05, 3.63) is 51.1 Å². The summed E-state index contributed by atoms with van der Waals surface area (Å²) in [5.74, 6) is -1.58. The fourth-order valence-electron chi connectivity index (χ4n) is 3.40. The molecule has 0 radical (unpaired) electrons. The molecule has 2 aromatic rings. The van der Waals surface area contributed by atoms with Gasteiger partial charge in [-0.15, -0.1) is 23.1 Å². The van der Waals surface area contributed by atoms with Crippen LogP contribution in [0, 0.1) is 0 Å². The van der Waals surface area contributed by atoms with Crippen molar-refractivity contribution in [2.75, 3.05) is 25.2 Å². The van der Waals surface area contributed by atoms with Gasteiger partial charge in [-0.1, -0.05) is 21.1 Å². The quantitative estimate of drug-likeness (QED) is 0.245. The molecule has 11 nitrogen and oxygen atoms in total. The average Bonchev–Trinajstić information content (AvgIpc) is 3.25. The zero-order valence-electron chi connectivity index (χ0n) is 17.6. The molecule has 2 aliphatic heterocycles. The van der Waals surface area contributed by atoms with E-state index in [2.05, 4.69) is 31.4 Å².